The molecule has 2 rings (SSSR count). The normalized spacial score (nSPS) is 16.4. The Hall–Kier alpha value is -2.29. The second-order valence-corrected chi connectivity index (χ2v) is 4.88. The highest BCUT2D eigenvalue weighted by Crippen LogP contribution is 2.31. The molecule has 20 heavy (non-hydrogen) atoms. The molecule has 1 aliphatic rings. The van der Waals surface area contributed by atoms with Crippen molar-refractivity contribution in [1.82, 2.24) is 0 Å². The summed E-state index contributed by atoms with van der Waals surface area (Å²) in [7, 11) is 0. The fourth-order valence-electron chi connectivity index (χ4n) is 2.34. The van der Waals surface area contributed by atoms with Crippen molar-refractivity contribution in [2.24, 2.45) is 5.92 Å². The highest BCUT2D eigenvalue weighted by atomic mass is 16.7. The lowest BCUT2D eigenvalue weighted by Gasteiger charge is -2.17. The van der Waals surface area contributed by atoms with Crippen molar-refractivity contribution in [3.05, 3.63) is 59.7 Å². The van der Waals surface area contributed by atoms with Crippen LogP contribution in [0.3, 0.4) is 0 Å². The Balaban J connectivity index is 2.33. The fraction of sp³-hybridized carbons (Fsp3) is 0.235. The van der Waals surface area contributed by atoms with Gasteiger partial charge in [0, 0.05) is 0 Å². The average molecular weight is 268 g/mol. The zero-order valence-corrected chi connectivity index (χ0v) is 11.6. The number of carbonyl (C=O) groups is 1. The molecule has 0 fully saturated rings. The first-order chi connectivity index (χ1) is 9.58. The molecule has 2 radical (unpaired) electrons. The summed E-state index contributed by atoms with van der Waals surface area (Å²) < 4.78 is 4.51. The van der Waals surface area contributed by atoms with Crippen LogP contribution in [0.1, 0.15) is 25.8 Å². The maximum Gasteiger partial charge on any atom is 0.555 e. The van der Waals surface area contributed by atoms with E-state index in [1.807, 2.05) is 24.3 Å². The van der Waals surface area contributed by atoms with Gasteiger partial charge in [-0.2, -0.15) is 9.90 Å². The van der Waals surface area contributed by atoms with Gasteiger partial charge in [-0.25, -0.2) is 0 Å². The number of hydrogen-bond acceptors (Lipinski definition) is 2. The van der Waals surface area contributed by atoms with E-state index in [1.54, 1.807) is 12.1 Å². The van der Waals surface area contributed by atoms with Gasteiger partial charge in [0.05, 0.1) is 0 Å². The minimum Gasteiger partial charge on any atom is -0.392 e. The number of ether oxygens (including phenoxy) is 1. The maximum absolute atomic E-state index is 10.4. The van der Waals surface area contributed by atoms with E-state index in [2.05, 4.69) is 30.7 Å². The van der Waals surface area contributed by atoms with Crippen LogP contribution < -0.4 is 4.74 Å². The second kappa shape index (κ2) is 6.24. The number of hydrogen-bond donors (Lipinski definition) is 0. The van der Waals surface area contributed by atoms with Gasteiger partial charge >= 0.3 is 6.16 Å². The number of allylic oxidation sites excluding steroid dienone is 6. The van der Waals surface area contributed by atoms with Crippen molar-refractivity contribution < 1.29 is 14.6 Å². The summed E-state index contributed by atoms with van der Waals surface area (Å²) in [5.74, 6) is 0.642. The molecule has 102 valence electrons. The molecule has 0 saturated carbocycles. The van der Waals surface area contributed by atoms with E-state index in [1.165, 1.54) is 11.1 Å². The Kier molecular flexibility index (Phi) is 4.41. The minimum absolute atomic E-state index is 0.272. The summed E-state index contributed by atoms with van der Waals surface area (Å²) in [6.45, 7) is 4.29. The van der Waals surface area contributed by atoms with Gasteiger partial charge in [-0.05, 0) is 47.3 Å². The molecule has 1 aromatic carbocycles. The first-order valence-corrected chi connectivity index (χ1v) is 6.54. The summed E-state index contributed by atoms with van der Waals surface area (Å²) >= 11 is 0. The molecule has 0 spiro atoms. The third kappa shape index (κ3) is 3.38. The zero-order chi connectivity index (χ0) is 14.5. The van der Waals surface area contributed by atoms with Crippen LogP contribution in [-0.4, -0.2) is 6.16 Å². The predicted molar refractivity (Wildman–Crippen MR) is 76.5 cm³/mol. The second-order valence-electron chi connectivity index (χ2n) is 4.88. The molecule has 0 unspecified atom stereocenters. The van der Waals surface area contributed by atoms with Gasteiger partial charge in [0.1, 0.15) is 5.75 Å². The molecule has 1 aliphatic carbocycles. The minimum atomic E-state index is -1.55. The van der Waals surface area contributed by atoms with Crippen LogP contribution in [0.4, 0.5) is 4.79 Å². The summed E-state index contributed by atoms with van der Waals surface area (Å²) in [4.78, 5) is 10.4. The van der Waals surface area contributed by atoms with Crippen molar-refractivity contribution in [3.8, 4) is 5.75 Å². The van der Waals surface area contributed by atoms with Gasteiger partial charge in [0.25, 0.3) is 0 Å². The molecule has 0 saturated heterocycles. The Morgan fingerprint density at radius 1 is 1.25 bits per heavy atom. The predicted octanol–water partition coefficient (Wildman–Crippen LogP) is 4.34. The Morgan fingerprint density at radius 3 is 2.45 bits per heavy atom. The van der Waals surface area contributed by atoms with Crippen LogP contribution in [0, 0.1) is 12.0 Å². The lowest BCUT2D eigenvalue weighted by atomic mass is 9.88. The molecule has 1 aromatic rings. The van der Waals surface area contributed by atoms with Gasteiger partial charge in [0.15, 0.2) is 0 Å². The van der Waals surface area contributed by atoms with Gasteiger partial charge in [-0.3, -0.25) is 0 Å². The van der Waals surface area contributed by atoms with Crippen LogP contribution in [0.25, 0.3) is 5.57 Å². The van der Waals surface area contributed by atoms with Crippen molar-refractivity contribution in [3.63, 3.8) is 0 Å². The Labute approximate surface area is 118 Å². The monoisotopic (exact) mass is 268 g/mol. The Morgan fingerprint density at radius 2 is 1.95 bits per heavy atom. The molecular formula is C17H16O3. The highest BCUT2D eigenvalue weighted by molar-refractivity contribution is 5.73. The lowest BCUT2D eigenvalue weighted by molar-refractivity contribution is 0.117. The van der Waals surface area contributed by atoms with Crippen molar-refractivity contribution in [2.45, 2.75) is 20.3 Å². The summed E-state index contributed by atoms with van der Waals surface area (Å²) in [6, 6.07) is 7.03. The molecule has 3 heteroatoms. The summed E-state index contributed by atoms with van der Waals surface area (Å²) in [5.41, 5.74) is 3.58. The standard InChI is InChI=1S/C17H16O3/c1-12(2)16(13-6-4-3-5-7-13)14-8-10-15(11-9-14)20-17(18)19/h4-6,8-12H,7H2,1-2H3. The van der Waals surface area contributed by atoms with Gasteiger partial charge < -0.3 is 4.74 Å². The quantitative estimate of drug-likeness (QED) is 0.604. The topological polar surface area (TPSA) is 46.2 Å². The van der Waals surface area contributed by atoms with Crippen molar-refractivity contribution >= 4 is 11.7 Å². The van der Waals surface area contributed by atoms with Gasteiger partial charge in [-0.1, -0.05) is 44.2 Å². The van der Waals surface area contributed by atoms with E-state index >= 15 is 0 Å². The number of rotatable bonds is 3. The molecule has 0 N–H and O–H groups in total. The van der Waals surface area contributed by atoms with Crippen LogP contribution >= 0.6 is 0 Å². The molecule has 0 aromatic heterocycles. The summed E-state index contributed by atoms with van der Waals surface area (Å²) in [5, 5.41) is 10.4. The van der Waals surface area contributed by atoms with E-state index in [-0.39, 0.29) is 5.75 Å². The van der Waals surface area contributed by atoms with E-state index in [0.717, 1.165) is 12.0 Å². The molecule has 0 atom stereocenters. The molecule has 0 amide bonds. The largest absolute Gasteiger partial charge is 0.555 e. The van der Waals surface area contributed by atoms with E-state index in [9.17, 15) is 9.90 Å². The third-order valence-corrected chi connectivity index (χ3v) is 3.11. The van der Waals surface area contributed by atoms with Crippen LogP contribution in [0.5, 0.6) is 5.75 Å². The zero-order valence-electron chi connectivity index (χ0n) is 11.6. The van der Waals surface area contributed by atoms with E-state index < -0.39 is 6.16 Å². The number of benzene rings is 1. The molecule has 0 heterocycles. The van der Waals surface area contributed by atoms with Crippen LogP contribution in [0.2, 0.25) is 0 Å². The highest BCUT2D eigenvalue weighted by Gasteiger charge is 2.12. The molecule has 0 bridgehead atoms. The summed E-state index contributed by atoms with van der Waals surface area (Å²) in [6.07, 6.45) is 8.36. The van der Waals surface area contributed by atoms with Crippen molar-refractivity contribution in [1.29, 1.82) is 0 Å². The Bertz CT molecular complexity index is 575. The van der Waals surface area contributed by atoms with Crippen molar-refractivity contribution in [2.75, 3.05) is 0 Å². The lowest BCUT2D eigenvalue weighted by Crippen LogP contribution is -2.02. The van der Waals surface area contributed by atoms with Crippen LogP contribution in [0.15, 0.2) is 48.1 Å². The van der Waals surface area contributed by atoms with Gasteiger partial charge in [0.2, 0.25) is 0 Å². The van der Waals surface area contributed by atoms with E-state index in [0.29, 0.717) is 5.92 Å². The molecule has 0 aliphatic heterocycles. The molecule has 3 nitrogen and oxygen atoms in total. The first kappa shape index (κ1) is 14.1. The molecular weight excluding hydrogens is 252 g/mol. The number of carbonyl (C=O) groups excluding carboxylic acids is 1. The fourth-order valence-corrected chi connectivity index (χ4v) is 2.34. The van der Waals surface area contributed by atoms with E-state index in [4.69, 9.17) is 0 Å². The van der Waals surface area contributed by atoms with Crippen LogP contribution in [-0.2, 0) is 5.11 Å². The van der Waals surface area contributed by atoms with Gasteiger partial charge in [-0.15, -0.1) is 0 Å². The third-order valence-electron chi connectivity index (χ3n) is 3.11. The smallest absolute Gasteiger partial charge is 0.392 e. The first-order valence-electron chi connectivity index (χ1n) is 6.54. The average Bonchev–Trinajstić information content (AvgIpc) is 2.41. The SMILES string of the molecule is CC(C)C(=C1C=C[C]=CC1)c1ccc(OC([O])=O)cc1. The maximum atomic E-state index is 10.4.